The summed E-state index contributed by atoms with van der Waals surface area (Å²) in [7, 11) is 0. The summed E-state index contributed by atoms with van der Waals surface area (Å²) in [4.78, 5) is 19.3. The van der Waals surface area contributed by atoms with E-state index in [-0.39, 0.29) is 0 Å². The second-order valence-corrected chi connectivity index (χ2v) is 7.40. The molecule has 0 radical (unpaired) electrons. The van der Waals surface area contributed by atoms with E-state index in [2.05, 4.69) is 0 Å². The Morgan fingerprint density at radius 3 is 2.06 bits per heavy atom. The summed E-state index contributed by atoms with van der Waals surface area (Å²) >= 11 is 0. The summed E-state index contributed by atoms with van der Waals surface area (Å²) in [6.07, 6.45) is 0. The molecule has 0 bridgehead atoms. The van der Waals surface area contributed by atoms with E-state index < -0.39 is 5.63 Å². The van der Waals surface area contributed by atoms with E-state index >= 15 is 0 Å². The topological polar surface area (TPSA) is 51.9 Å². The molecule has 5 heteroatoms. The zero-order valence-corrected chi connectivity index (χ0v) is 16.9. The Bertz CT molecular complexity index is 1480. The molecule has 154 valence electrons. The van der Waals surface area contributed by atoms with E-state index in [1.165, 1.54) is 0 Å². The zero-order valence-electron chi connectivity index (χ0n) is 16.9. The molecule has 0 saturated carbocycles. The van der Waals surface area contributed by atoms with Gasteiger partial charge in [0.25, 0.3) is 0 Å². The number of fused-ring (bicyclic) bond motifs is 3. The Hall–Kier alpha value is -4.51. The molecular formula is C27H17NO4. The standard InChI is InChI=1S/C27H17NO4/c29-27-20(17-18-9-1-5-13-23(18)31-27)19-10-2-6-14-24(19)32-28-21-11-3-7-15-25(21)30-26-16-8-4-12-22(26)28/h1-17H. The fourth-order valence-corrected chi connectivity index (χ4v) is 3.89. The molecule has 4 aromatic carbocycles. The minimum atomic E-state index is -0.414. The Balaban J connectivity index is 1.49. The molecule has 5 nitrogen and oxygen atoms in total. The van der Waals surface area contributed by atoms with Gasteiger partial charge in [0.05, 0.1) is 5.56 Å². The fourth-order valence-electron chi connectivity index (χ4n) is 3.89. The van der Waals surface area contributed by atoms with Gasteiger partial charge >= 0.3 is 5.63 Å². The second kappa shape index (κ2) is 7.32. The van der Waals surface area contributed by atoms with Crippen LogP contribution in [0.2, 0.25) is 0 Å². The van der Waals surface area contributed by atoms with Gasteiger partial charge in [-0.15, -0.1) is 0 Å². The minimum absolute atomic E-state index is 0.414. The van der Waals surface area contributed by atoms with Crippen LogP contribution in [0.25, 0.3) is 22.1 Å². The summed E-state index contributed by atoms with van der Waals surface area (Å²) in [6, 6.07) is 32.1. The summed E-state index contributed by atoms with van der Waals surface area (Å²) in [5.41, 5.74) is 2.76. The van der Waals surface area contributed by atoms with Crippen molar-refractivity contribution >= 4 is 22.3 Å². The maximum atomic E-state index is 12.8. The van der Waals surface area contributed by atoms with Crippen LogP contribution in [0.5, 0.6) is 17.2 Å². The molecule has 0 saturated heterocycles. The van der Waals surface area contributed by atoms with E-state index in [0.29, 0.717) is 34.0 Å². The van der Waals surface area contributed by atoms with E-state index in [4.69, 9.17) is 14.0 Å². The highest BCUT2D eigenvalue weighted by molar-refractivity contribution is 5.83. The van der Waals surface area contributed by atoms with Crippen molar-refractivity contribution in [2.75, 3.05) is 5.06 Å². The van der Waals surface area contributed by atoms with Crippen LogP contribution in [0.1, 0.15) is 0 Å². The fraction of sp³-hybridized carbons (Fsp3) is 0. The van der Waals surface area contributed by atoms with E-state index in [0.717, 1.165) is 16.8 Å². The summed E-state index contributed by atoms with van der Waals surface area (Å²) in [5.74, 6) is 1.91. The number of para-hydroxylation sites is 6. The van der Waals surface area contributed by atoms with Crippen molar-refractivity contribution in [2.45, 2.75) is 0 Å². The van der Waals surface area contributed by atoms with Crippen LogP contribution in [0, 0.1) is 0 Å². The highest BCUT2D eigenvalue weighted by Crippen LogP contribution is 2.47. The Labute approximate surface area is 183 Å². The van der Waals surface area contributed by atoms with Crippen molar-refractivity contribution in [3.05, 3.63) is 114 Å². The molecule has 5 aromatic rings. The predicted molar refractivity (Wildman–Crippen MR) is 124 cm³/mol. The maximum absolute atomic E-state index is 12.8. The molecule has 0 amide bonds. The minimum Gasteiger partial charge on any atom is -0.453 e. The average molecular weight is 419 g/mol. The van der Waals surface area contributed by atoms with Crippen LogP contribution >= 0.6 is 0 Å². The predicted octanol–water partition coefficient (Wildman–Crippen LogP) is 6.70. The molecule has 1 aliphatic rings. The lowest BCUT2D eigenvalue weighted by Crippen LogP contribution is -2.25. The Morgan fingerprint density at radius 2 is 1.28 bits per heavy atom. The summed E-state index contributed by atoms with van der Waals surface area (Å²) < 4.78 is 11.6. The lowest BCUT2D eigenvalue weighted by Gasteiger charge is -2.32. The molecule has 1 aromatic heterocycles. The molecule has 0 fully saturated rings. The van der Waals surface area contributed by atoms with Crippen molar-refractivity contribution in [1.29, 1.82) is 0 Å². The first kappa shape index (κ1) is 18.3. The molecule has 2 heterocycles. The molecule has 32 heavy (non-hydrogen) atoms. The van der Waals surface area contributed by atoms with Gasteiger partial charge in [-0.25, -0.2) is 4.79 Å². The highest BCUT2D eigenvalue weighted by Gasteiger charge is 2.27. The number of hydrogen-bond acceptors (Lipinski definition) is 5. The third-order valence-electron chi connectivity index (χ3n) is 5.40. The van der Waals surface area contributed by atoms with E-state index in [1.807, 2.05) is 97.1 Å². The molecular weight excluding hydrogens is 402 g/mol. The van der Waals surface area contributed by atoms with Gasteiger partial charge in [0, 0.05) is 10.9 Å². The van der Waals surface area contributed by atoms with Crippen molar-refractivity contribution < 1.29 is 14.0 Å². The normalized spacial score (nSPS) is 12.1. The SMILES string of the molecule is O=c1oc2ccccc2cc1-c1ccccc1ON1c2ccccc2Oc2ccccc21. The van der Waals surface area contributed by atoms with Crippen molar-refractivity contribution in [2.24, 2.45) is 0 Å². The van der Waals surface area contributed by atoms with Crippen molar-refractivity contribution in [1.82, 2.24) is 0 Å². The van der Waals surface area contributed by atoms with Gasteiger partial charge in [0.2, 0.25) is 0 Å². The monoisotopic (exact) mass is 419 g/mol. The smallest absolute Gasteiger partial charge is 0.344 e. The number of hydrogen-bond donors (Lipinski definition) is 0. The highest BCUT2D eigenvalue weighted by atomic mass is 16.7. The van der Waals surface area contributed by atoms with Crippen LogP contribution in [0.3, 0.4) is 0 Å². The molecule has 0 unspecified atom stereocenters. The number of rotatable bonds is 3. The van der Waals surface area contributed by atoms with Gasteiger partial charge in [0.15, 0.2) is 17.2 Å². The molecule has 0 spiro atoms. The largest absolute Gasteiger partial charge is 0.453 e. The third kappa shape index (κ3) is 2.99. The quantitative estimate of drug-likeness (QED) is 0.305. The molecule has 0 N–H and O–H groups in total. The van der Waals surface area contributed by atoms with E-state index in [1.54, 1.807) is 11.1 Å². The van der Waals surface area contributed by atoms with Crippen molar-refractivity contribution in [3.63, 3.8) is 0 Å². The number of nitrogens with zero attached hydrogens (tertiary/aromatic N) is 1. The molecule has 0 aliphatic carbocycles. The maximum Gasteiger partial charge on any atom is 0.344 e. The van der Waals surface area contributed by atoms with Crippen LogP contribution in [0.4, 0.5) is 11.4 Å². The number of anilines is 2. The summed E-state index contributed by atoms with van der Waals surface area (Å²) in [6.45, 7) is 0. The van der Waals surface area contributed by atoms with Gasteiger partial charge in [-0.05, 0) is 42.5 Å². The summed E-state index contributed by atoms with van der Waals surface area (Å²) in [5, 5.41) is 2.58. The van der Waals surface area contributed by atoms with E-state index in [9.17, 15) is 4.79 Å². The molecule has 0 atom stereocenters. The number of ether oxygens (including phenoxy) is 1. The second-order valence-electron chi connectivity index (χ2n) is 7.40. The van der Waals surface area contributed by atoms with Crippen LogP contribution < -0.4 is 20.3 Å². The number of benzene rings is 4. The van der Waals surface area contributed by atoms with Gasteiger partial charge < -0.3 is 14.0 Å². The van der Waals surface area contributed by atoms with Crippen LogP contribution in [-0.2, 0) is 0 Å². The molecule has 1 aliphatic heterocycles. The Kier molecular flexibility index (Phi) is 4.18. The first-order chi connectivity index (χ1) is 15.8. The molecule has 6 rings (SSSR count). The van der Waals surface area contributed by atoms with Crippen LogP contribution in [-0.4, -0.2) is 0 Å². The van der Waals surface area contributed by atoms with Gasteiger partial charge in [-0.3, -0.25) is 0 Å². The van der Waals surface area contributed by atoms with Crippen molar-refractivity contribution in [3.8, 4) is 28.4 Å². The zero-order chi connectivity index (χ0) is 21.5. The lowest BCUT2D eigenvalue weighted by molar-refractivity contribution is 0.307. The lowest BCUT2D eigenvalue weighted by atomic mass is 10.1. The van der Waals surface area contributed by atoms with Gasteiger partial charge in [0.1, 0.15) is 17.0 Å². The first-order valence-electron chi connectivity index (χ1n) is 10.2. The average Bonchev–Trinajstić information content (AvgIpc) is 2.84. The van der Waals surface area contributed by atoms with Crippen LogP contribution in [0.15, 0.2) is 112 Å². The Morgan fingerprint density at radius 1 is 0.656 bits per heavy atom. The van der Waals surface area contributed by atoms with Gasteiger partial charge in [-0.1, -0.05) is 60.7 Å². The van der Waals surface area contributed by atoms with Gasteiger partial charge in [-0.2, -0.15) is 5.06 Å². The third-order valence-corrected chi connectivity index (χ3v) is 5.40. The first-order valence-corrected chi connectivity index (χ1v) is 10.2.